The van der Waals surface area contributed by atoms with Crippen LogP contribution in [-0.4, -0.2) is 21.4 Å². The second-order valence-electron chi connectivity index (χ2n) is 6.26. The van der Waals surface area contributed by atoms with Gasteiger partial charge in [0.25, 0.3) is 15.9 Å². The summed E-state index contributed by atoms with van der Waals surface area (Å²) in [7, 11) is -2.29. The van der Waals surface area contributed by atoms with E-state index in [9.17, 15) is 13.2 Å². The Labute approximate surface area is 179 Å². The number of carbonyl (C=O) groups is 1. The fraction of sp³-hybridized carbons (Fsp3) is 0.0952. The van der Waals surface area contributed by atoms with Crippen molar-refractivity contribution in [3.63, 3.8) is 0 Å². The molecule has 0 radical (unpaired) electrons. The molecule has 0 aromatic heterocycles. The van der Waals surface area contributed by atoms with Crippen LogP contribution in [0.4, 0.5) is 5.69 Å². The van der Waals surface area contributed by atoms with Gasteiger partial charge in [-0.25, -0.2) is 8.42 Å². The molecule has 0 saturated heterocycles. The molecule has 0 atom stereocenters. The topological polar surface area (TPSA) is 66.5 Å². The highest BCUT2D eigenvalue weighted by Crippen LogP contribution is 2.27. The zero-order chi connectivity index (χ0) is 21.0. The van der Waals surface area contributed by atoms with Crippen molar-refractivity contribution in [1.29, 1.82) is 0 Å². The number of nitrogens with zero attached hydrogens (tertiary/aromatic N) is 1. The van der Waals surface area contributed by atoms with Gasteiger partial charge in [0.1, 0.15) is 0 Å². The third-order valence-electron chi connectivity index (χ3n) is 4.30. The predicted octanol–water partition coefficient (Wildman–Crippen LogP) is 4.75. The lowest BCUT2D eigenvalue weighted by Gasteiger charge is -2.20. The van der Waals surface area contributed by atoms with E-state index in [2.05, 4.69) is 5.32 Å². The fourth-order valence-electron chi connectivity index (χ4n) is 2.70. The minimum absolute atomic E-state index is 0.154. The van der Waals surface area contributed by atoms with Crippen molar-refractivity contribution in [2.75, 3.05) is 11.4 Å². The molecule has 0 fully saturated rings. The Morgan fingerprint density at radius 2 is 1.69 bits per heavy atom. The summed E-state index contributed by atoms with van der Waals surface area (Å²) in [4.78, 5) is 12.6. The highest BCUT2D eigenvalue weighted by atomic mass is 35.5. The molecule has 8 heteroatoms. The average molecular weight is 449 g/mol. The van der Waals surface area contributed by atoms with Crippen LogP contribution in [-0.2, 0) is 16.6 Å². The number of benzene rings is 3. The Morgan fingerprint density at radius 3 is 2.34 bits per heavy atom. The maximum atomic E-state index is 12.7. The first-order valence-electron chi connectivity index (χ1n) is 8.65. The van der Waals surface area contributed by atoms with E-state index in [0.717, 1.165) is 9.87 Å². The van der Waals surface area contributed by atoms with E-state index in [4.69, 9.17) is 23.2 Å². The molecule has 3 aromatic carbocycles. The van der Waals surface area contributed by atoms with Crippen LogP contribution in [0.5, 0.6) is 0 Å². The van der Waals surface area contributed by atoms with Crippen molar-refractivity contribution in [2.24, 2.45) is 0 Å². The maximum Gasteiger partial charge on any atom is 0.264 e. The molecule has 0 spiro atoms. The fourth-order valence-corrected chi connectivity index (χ4v) is 4.38. The van der Waals surface area contributed by atoms with Gasteiger partial charge in [0.2, 0.25) is 0 Å². The summed E-state index contributed by atoms with van der Waals surface area (Å²) in [6, 6.07) is 19.7. The van der Waals surface area contributed by atoms with Crippen molar-refractivity contribution in [3.8, 4) is 0 Å². The lowest BCUT2D eigenvalue weighted by Crippen LogP contribution is -2.27. The summed E-state index contributed by atoms with van der Waals surface area (Å²) in [5.41, 5.74) is 1.46. The normalized spacial score (nSPS) is 11.1. The van der Waals surface area contributed by atoms with Gasteiger partial charge in [0.15, 0.2) is 0 Å². The molecule has 5 nitrogen and oxygen atoms in total. The first-order chi connectivity index (χ1) is 13.8. The molecule has 3 aromatic rings. The molecule has 0 bridgehead atoms. The molecule has 0 unspecified atom stereocenters. The number of carbonyl (C=O) groups excluding carboxylic acids is 1. The van der Waals surface area contributed by atoms with Gasteiger partial charge in [-0.3, -0.25) is 9.10 Å². The molecule has 0 aliphatic carbocycles. The monoisotopic (exact) mass is 448 g/mol. The van der Waals surface area contributed by atoms with E-state index in [1.54, 1.807) is 42.5 Å². The molecule has 3 rings (SSSR count). The Morgan fingerprint density at radius 1 is 0.966 bits per heavy atom. The van der Waals surface area contributed by atoms with Gasteiger partial charge >= 0.3 is 0 Å². The molecule has 0 heterocycles. The second kappa shape index (κ2) is 8.86. The summed E-state index contributed by atoms with van der Waals surface area (Å²) in [6.45, 7) is 0.291. The Bertz CT molecular complexity index is 1140. The number of sulfonamides is 1. The quantitative estimate of drug-likeness (QED) is 0.591. The molecule has 0 aliphatic rings. The van der Waals surface area contributed by atoms with E-state index in [0.29, 0.717) is 17.3 Å². The highest BCUT2D eigenvalue weighted by molar-refractivity contribution is 7.92. The van der Waals surface area contributed by atoms with E-state index in [1.165, 1.54) is 31.3 Å². The summed E-state index contributed by atoms with van der Waals surface area (Å²) in [6.07, 6.45) is 0. The second-order valence-corrected chi connectivity index (χ2v) is 9.08. The summed E-state index contributed by atoms with van der Waals surface area (Å²) >= 11 is 12.2. The third-order valence-corrected chi connectivity index (χ3v) is 6.65. The first kappa shape index (κ1) is 21.2. The molecule has 0 saturated carbocycles. The SMILES string of the molecule is CN(c1ccc(C(=O)NCc2cccc(Cl)c2)c(Cl)c1)S(=O)(=O)c1ccccc1. The minimum Gasteiger partial charge on any atom is -0.348 e. The van der Waals surface area contributed by atoms with E-state index >= 15 is 0 Å². The van der Waals surface area contributed by atoms with Gasteiger partial charge < -0.3 is 5.32 Å². The maximum absolute atomic E-state index is 12.7. The molecular formula is C21H18Cl2N2O3S. The van der Waals surface area contributed by atoms with Crippen molar-refractivity contribution in [1.82, 2.24) is 5.32 Å². The lowest BCUT2D eigenvalue weighted by atomic mass is 10.1. The number of hydrogen-bond acceptors (Lipinski definition) is 3. The zero-order valence-electron chi connectivity index (χ0n) is 15.5. The van der Waals surface area contributed by atoms with Gasteiger partial charge in [0, 0.05) is 18.6 Å². The van der Waals surface area contributed by atoms with Crippen LogP contribution in [0, 0.1) is 0 Å². The molecule has 1 N–H and O–H groups in total. The number of nitrogens with one attached hydrogen (secondary N) is 1. The van der Waals surface area contributed by atoms with Gasteiger partial charge in [-0.15, -0.1) is 0 Å². The van der Waals surface area contributed by atoms with E-state index in [1.807, 2.05) is 6.07 Å². The van der Waals surface area contributed by atoms with Crippen molar-refractivity contribution in [2.45, 2.75) is 11.4 Å². The van der Waals surface area contributed by atoms with E-state index in [-0.39, 0.29) is 21.4 Å². The van der Waals surface area contributed by atoms with Crippen LogP contribution in [0.25, 0.3) is 0 Å². The standard InChI is InChI=1S/C21H18Cl2N2O3S/c1-25(29(27,28)18-8-3-2-4-9-18)17-10-11-19(20(23)13-17)21(26)24-14-15-6-5-7-16(22)12-15/h2-13H,14H2,1H3,(H,24,26). The van der Waals surface area contributed by atoms with E-state index < -0.39 is 10.0 Å². The Balaban J connectivity index is 1.76. The van der Waals surface area contributed by atoms with Crippen molar-refractivity contribution < 1.29 is 13.2 Å². The molecular weight excluding hydrogens is 431 g/mol. The number of anilines is 1. The smallest absolute Gasteiger partial charge is 0.264 e. The zero-order valence-corrected chi connectivity index (χ0v) is 17.8. The summed E-state index contributed by atoms with van der Waals surface area (Å²) in [5.74, 6) is -0.366. The lowest BCUT2D eigenvalue weighted by molar-refractivity contribution is 0.0951. The Kier molecular flexibility index (Phi) is 6.47. The van der Waals surface area contributed by atoms with Crippen LogP contribution in [0.1, 0.15) is 15.9 Å². The van der Waals surface area contributed by atoms with Gasteiger partial charge in [-0.2, -0.15) is 0 Å². The molecule has 1 amide bonds. The third kappa shape index (κ3) is 4.90. The number of hydrogen-bond donors (Lipinski definition) is 1. The van der Waals surface area contributed by atoms with Gasteiger partial charge in [0.05, 0.1) is 21.2 Å². The summed E-state index contributed by atoms with van der Waals surface area (Å²) < 4.78 is 26.6. The number of halogens is 2. The van der Waals surface area contributed by atoms with Crippen LogP contribution in [0.2, 0.25) is 10.0 Å². The average Bonchev–Trinajstić information content (AvgIpc) is 2.72. The largest absolute Gasteiger partial charge is 0.348 e. The van der Waals surface area contributed by atoms with Crippen molar-refractivity contribution in [3.05, 3.63) is 94.0 Å². The Hall–Kier alpha value is -2.54. The number of rotatable bonds is 6. The molecule has 29 heavy (non-hydrogen) atoms. The highest BCUT2D eigenvalue weighted by Gasteiger charge is 2.22. The van der Waals surface area contributed by atoms with Gasteiger partial charge in [-0.05, 0) is 48.0 Å². The minimum atomic E-state index is -3.73. The van der Waals surface area contributed by atoms with Crippen LogP contribution < -0.4 is 9.62 Å². The van der Waals surface area contributed by atoms with Crippen LogP contribution in [0.3, 0.4) is 0 Å². The van der Waals surface area contributed by atoms with Crippen molar-refractivity contribution >= 4 is 44.8 Å². The van der Waals surface area contributed by atoms with Crippen LogP contribution in [0.15, 0.2) is 77.7 Å². The summed E-state index contributed by atoms with van der Waals surface area (Å²) in [5, 5.41) is 3.51. The van der Waals surface area contributed by atoms with Crippen LogP contribution >= 0.6 is 23.2 Å². The molecule has 0 aliphatic heterocycles. The predicted molar refractivity (Wildman–Crippen MR) is 116 cm³/mol. The molecule has 150 valence electrons. The first-order valence-corrected chi connectivity index (χ1v) is 10.8. The van der Waals surface area contributed by atoms with Gasteiger partial charge in [-0.1, -0.05) is 53.5 Å². The number of amides is 1.